The third kappa shape index (κ3) is 2.65. The summed E-state index contributed by atoms with van der Waals surface area (Å²) < 4.78 is 0. The van der Waals surface area contributed by atoms with Gasteiger partial charge in [0.15, 0.2) is 0 Å². The summed E-state index contributed by atoms with van der Waals surface area (Å²) in [6.07, 6.45) is 7.54. The molecule has 0 radical (unpaired) electrons. The van der Waals surface area contributed by atoms with Crippen LogP contribution in [0.5, 0.6) is 0 Å². The summed E-state index contributed by atoms with van der Waals surface area (Å²) in [5, 5.41) is 9.86. The Bertz CT molecular complexity index is 641. The number of aliphatic carboxylic acids is 1. The van der Waals surface area contributed by atoms with E-state index in [9.17, 15) is 9.90 Å². The van der Waals surface area contributed by atoms with Crippen molar-refractivity contribution in [3.63, 3.8) is 0 Å². The van der Waals surface area contributed by atoms with E-state index in [2.05, 4.69) is 43.8 Å². The summed E-state index contributed by atoms with van der Waals surface area (Å²) in [6.45, 7) is 8.06. The van der Waals surface area contributed by atoms with Gasteiger partial charge in [-0.15, -0.1) is 0 Å². The molecule has 0 aliphatic heterocycles. The summed E-state index contributed by atoms with van der Waals surface area (Å²) >= 11 is 0. The van der Waals surface area contributed by atoms with Crippen LogP contribution >= 0.6 is 0 Å². The van der Waals surface area contributed by atoms with Crippen LogP contribution in [0.25, 0.3) is 0 Å². The maximum Gasteiger partial charge on any atom is 0.309 e. The van der Waals surface area contributed by atoms with Gasteiger partial charge in [-0.05, 0) is 55.4 Å². The largest absolute Gasteiger partial charge is 0.481 e. The van der Waals surface area contributed by atoms with Gasteiger partial charge in [0.2, 0.25) is 0 Å². The lowest BCUT2D eigenvalue weighted by Crippen LogP contribution is -2.50. The van der Waals surface area contributed by atoms with E-state index in [0.29, 0.717) is 11.8 Å². The van der Waals surface area contributed by atoms with Gasteiger partial charge in [0.05, 0.1) is 5.41 Å². The van der Waals surface area contributed by atoms with Crippen LogP contribution in [0.3, 0.4) is 0 Å². The molecule has 0 aromatic heterocycles. The third-order valence-corrected chi connectivity index (χ3v) is 6.01. The number of rotatable bonds is 3. The Morgan fingerprint density at radius 3 is 2.57 bits per heavy atom. The predicted octanol–water partition coefficient (Wildman–Crippen LogP) is 4.97. The van der Waals surface area contributed by atoms with Crippen LogP contribution in [0.15, 0.2) is 54.6 Å². The van der Waals surface area contributed by atoms with Gasteiger partial charge in [-0.1, -0.05) is 61.6 Å². The monoisotopic (exact) mass is 310 g/mol. The molecule has 1 aromatic rings. The lowest BCUT2D eigenvalue weighted by atomic mass is 9.49. The van der Waals surface area contributed by atoms with Crippen molar-refractivity contribution in [3.05, 3.63) is 60.2 Å². The highest BCUT2D eigenvalue weighted by Crippen LogP contribution is 2.59. The van der Waals surface area contributed by atoms with Gasteiger partial charge in [-0.3, -0.25) is 4.79 Å². The van der Waals surface area contributed by atoms with Crippen molar-refractivity contribution in [1.29, 1.82) is 0 Å². The lowest BCUT2D eigenvalue weighted by molar-refractivity contribution is -0.153. The highest BCUT2D eigenvalue weighted by Gasteiger charge is 2.54. The van der Waals surface area contributed by atoms with Gasteiger partial charge < -0.3 is 5.11 Å². The molecule has 4 atom stereocenters. The number of carboxylic acid groups (broad SMARTS) is 1. The maximum atomic E-state index is 12.0. The Morgan fingerprint density at radius 2 is 1.96 bits per heavy atom. The van der Waals surface area contributed by atoms with Crippen molar-refractivity contribution in [1.82, 2.24) is 0 Å². The zero-order valence-electron chi connectivity index (χ0n) is 14.1. The summed E-state index contributed by atoms with van der Waals surface area (Å²) in [5.74, 6) is 0.159. The van der Waals surface area contributed by atoms with E-state index in [4.69, 9.17) is 0 Å². The second-order valence-corrected chi connectivity index (χ2v) is 7.80. The molecule has 0 amide bonds. The Kier molecular flexibility index (Phi) is 3.95. The maximum absolute atomic E-state index is 12.0. The van der Waals surface area contributed by atoms with E-state index in [1.54, 1.807) is 0 Å². The van der Waals surface area contributed by atoms with Crippen LogP contribution in [0.4, 0.5) is 0 Å². The SMILES string of the molecule is C=C/C=C1\C(C)CC2(c3ccccc3)CC1CC(C)(C(=O)O)C2. The van der Waals surface area contributed by atoms with Crippen molar-refractivity contribution < 1.29 is 9.90 Å². The van der Waals surface area contributed by atoms with Gasteiger partial charge in [-0.25, -0.2) is 0 Å². The minimum Gasteiger partial charge on any atom is -0.481 e. The topological polar surface area (TPSA) is 37.3 Å². The number of hydrogen-bond acceptors (Lipinski definition) is 1. The molecule has 0 heterocycles. The van der Waals surface area contributed by atoms with E-state index in [1.165, 1.54) is 11.1 Å². The van der Waals surface area contributed by atoms with E-state index < -0.39 is 11.4 Å². The number of allylic oxidation sites excluding steroid dienone is 3. The average Bonchev–Trinajstić information content (AvgIpc) is 2.51. The molecule has 3 rings (SSSR count). The van der Waals surface area contributed by atoms with E-state index >= 15 is 0 Å². The second kappa shape index (κ2) is 5.67. The molecule has 2 nitrogen and oxygen atoms in total. The molecule has 2 heteroatoms. The minimum absolute atomic E-state index is 0.0186. The van der Waals surface area contributed by atoms with Crippen molar-refractivity contribution in [2.45, 2.75) is 44.9 Å². The molecule has 2 aliphatic rings. The molecule has 0 saturated heterocycles. The molecule has 1 aromatic carbocycles. The number of benzene rings is 1. The molecule has 2 fully saturated rings. The first-order chi connectivity index (χ1) is 10.9. The van der Waals surface area contributed by atoms with Crippen LogP contribution in [0.2, 0.25) is 0 Å². The van der Waals surface area contributed by atoms with Crippen LogP contribution in [-0.2, 0) is 10.2 Å². The first kappa shape index (κ1) is 16.0. The fourth-order valence-corrected chi connectivity index (χ4v) is 5.21. The Morgan fingerprint density at radius 1 is 1.26 bits per heavy atom. The second-order valence-electron chi connectivity index (χ2n) is 7.80. The zero-order valence-corrected chi connectivity index (χ0v) is 14.1. The Hall–Kier alpha value is -1.83. The third-order valence-electron chi connectivity index (χ3n) is 6.01. The lowest BCUT2D eigenvalue weighted by Gasteiger charge is -2.54. The van der Waals surface area contributed by atoms with Crippen molar-refractivity contribution in [2.24, 2.45) is 17.3 Å². The Balaban J connectivity index is 2.10. The molecular formula is C21H26O2. The van der Waals surface area contributed by atoms with Gasteiger partial charge in [-0.2, -0.15) is 0 Å². The normalized spacial score (nSPS) is 38.3. The molecule has 1 N–H and O–H groups in total. The summed E-state index contributed by atoms with van der Waals surface area (Å²) in [5.41, 5.74) is 2.02. The fourth-order valence-electron chi connectivity index (χ4n) is 5.21. The summed E-state index contributed by atoms with van der Waals surface area (Å²) in [7, 11) is 0. The first-order valence-electron chi connectivity index (χ1n) is 8.52. The Labute approximate surface area is 138 Å². The number of carboxylic acids is 1. The minimum atomic E-state index is -0.657. The highest BCUT2D eigenvalue weighted by molar-refractivity contribution is 5.75. The zero-order chi connectivity index (χ0) is 16.7. The fraction of sp³-hybridized carbons (Fsp3) is 0.476. The van der Waals surface area contributed by atoms with Crippen LogP contribution in [0.1, 0.15) is 45.1 Å². The quantitative estimate of drug-likeness (QED) is 0.856. The number of fused-ring (bicyclic) bond motifs is 2. The summed E-state index contributed by atoms with van der Waals surface area (Å²) in [6, 6.07) is 10.5. The van der Waals surface area contributed by atoms with Gasteiger partial charge in [0.1, 0.15) is 0 Å². The summed E-state index contributed by atoms with van der Waals surface area (Å²) in [4.78, 5) is 12.0. The molecule has 122 valence electrons. The molecular weight excluding hydrogens is 284 g/mol. The molecule has 2 aliphatic carbocycles. The van der Waals surface area contributed by atoms with Gasteiger partial charge >= 0.3 is 5.97 Å². The predicted molar refractivity (Wildman–Crippen MR) is 93.3 cm³/mol. The molecule has 2 bridgehead atoms. The molecule has 4 unspecified atom stereocenters. The molecule has 23 heavy (non-hydrogen) atoms. The van der Waals surface area contributed by atoms with Crippen LogP contribution < -0.4 is 0 Å². The standard InChI is InChI=1S/C21H26O2/c1-4-8-18-15(2)11-21(17-9-6-5-7-10-17)13-16(18)12-20(3,14-21)19(22)23/h4-10,15-16H,1,11-14H2,2-3H3,(H,22,23)/b18-8+. The number of hydrogen-bond donors (Lipinski definition) is 1. The van der Waals surface area contributed by atoms with Crippen molar-refractivity contribution in [2.75, 3.05) is 0 Å². The molecule has 0 spiro atoms. The van der Waals surface area contributed by atoms with Gasteiger partial charge in [0, 0.05) is 0 Å². The average molecular weight is 310 g/mol. The van der Waals surface area contributed by atoms with Crippen molar-refractivity contribution >= 4 is 5.97 Å². The van der Waals surface area contributed by atoms with Crippen molar-refractivity contribution in [3.8, 4) is 0 Å². The smallest absolute Gasteiger partial charge is 0.309 e. The molecule has 2 saturated carbocycles. The first-order valence-corrected chi connectivity index (χ1v) is 8.52. The van der Waals surface area contributed by atoms with E-state index in [1.807, 2.05) is 19.1 Å². The van der Waals surface area contributed by atoms with Crippen LogP contribution in [0, 0.1) is 17.3 Å². The van der Waals surface area contributed by atoms with E-state index in [0.717, 1.165) is 25.7 Å². The number of carbonyl (C=O) groups is 1. The highest BCUT2D eigenvalue weighted by atomic mass is 16.4. The van der Waals surface area contributed by atoms with Crippen LogP contribution in [-0.4, -0.2) is 11.1 Å². The van der Waals surface area contributed by atoms with E-state index in [-0.39, 0.29) is 5.41 Å². The van der Waals surface area contributed by atoms with Gasteiger partial charge in [0.25, 0.3) is 0 Å².